The highest BCUT2D eigenvalue weighted by Crippen LogP contribution is 2.13. The van der Waals surface area contributed by atoms with Gasteiger partial charge in [-0.05, 0) is 30.2 Å². The van der Waals surface area contributed by atoms with Crippen LogP contribution >= 0.6 is 24.8 Å². The van der Waals surface area contributed by atoms with Gasteiger partial charge in [0.2, 0.25) is 5.91 Å². The molecule has 0 saturated carbocycles. The standard InChI is InChI=1S/C20H25N3O.2ClH/c1-17-7-5-6-8-18(17)16-22-11-13-23(14-12-22)20(24)15-21-19-9-3-2-4-10-19;;/h2-10,21H,11-16H2,1H3;2*1H. The second-order valence-corrected chi connectivity index (χ2v) is 6.30. The summed E-state index contributed by atoms with van der Waals surface area (Å²) in [5.41, 5.74) is 3.70. The third-order valence-electron chi connectivity index (χ3n) is 4.60. The summed E-state index contributed by atoms with van der Waals surface area (Å²) in [6.45, 7) is 6.97. The van der Waals surface area contributed by atoms with Crippen molar-refractivity contribution in [3.63, 3.8) is 0 Å². The van der Waals surface area contributed by atoms with E-state index in [0.29, 0.717) is 6.54 Å². The fourth-order valence-corrected chi connectivity index (χ4v) is 3.03. The van der Waals surface area contributed by atoms with E-state index < -0.39 is 0 Å². The third kappa shape index (κ3) is 6.20. The number of aryl methyl sites for hydroxylation is 1. The smallest absolute Gasteiger partial charge is 0.241 e. The van der Waals surface area contributed by atoms with E-state index in [1.807, 2.05) is 35.2 Å². The number of carbonyl (C=O) groups excluding carboxylic acids is 1. The normalized spacial score (nSPS) is 14.1. The lowest BCUT2D eigenvalue weighted by Gasteiger charge is -2.35. The summed E-state index contributed by atoms with van der Waals surface area (Å²) in [4.78, 5) is 16.7. The number of para-hydroxylation sites is 1. The molecule has 1 N–H and O–H groups in total. The minimum atomic E-state index is 0. The molecular formula is C20H27Cl2N3O. The highest BCUT2D eigenvalue weighted by Gasteiger charge is 2.21. The van der Waals surface area contributed by atoms with Gasteiger partial charge in [-0.1, -0.05) is 42.5 Å². The summed E-state index contributed by atoms with van der Waals surface area (Å²) in [6, 6.07) is 18.4. The SMILES string of the molecule is Cc1ccccc1CN1CCN(C(=O)CNc2ccccc2)CC1.Cl.Cl. The number of nitrogens with one attached hydrogen (secondary N) is 1. The molecule has 1 heterocycles. The van der Waals surface area contributed by atoms with Gasteiger partial charge in [0.05, 0.1) is 6.54 Å². The van der Waals surface area contributed by atoms with E-state index in [9.17, 15) is 4.79 Å². The number of rotatable bonds is 5. The molecule has 1 aliphatic rings. The van der Waals surface area contributed by atoms with Crippen LogP contribution in [0, 0.1) is 6.92 Å². The summed E-state index contributed by atoms with van der Waals surface area (Å²) >= 11 is 0. The molecule has 0 atom stereocenters. The first kappa shape index (κ1) is 22.3. The van der Waals surface area contributed by atoms with Crippen LogP contribution in [-0.2, 0) is 11.3 Å². The quantitative estimate of drug-likeness (QED) is 0.839. The van der Waals surface area contributed by atoms with E-state index in [-0.39, 0.29) is 30.7 Å². The van der Waals surface area contributed by atoms with Crippen molar-refractivity contribution < 1.29 is 4.79 Å². The van der Waals surface area contributed by atoms with Gasteiger partial charge >= 0.3 is 0 Å². The number of hydrogen-bond acceptors (Lipinski definition) is 3. The Hall–Kier alpha value is -1.75. The molecule has 2 aromatic rings. The van der Waals surface area contributed by atoms with Gasteiger partial charge in [0, 0.05) is 38.4 Å². The molecule has 0 aliphatic carbocycles. The van der Waals surface area contributed by atoms with Gasteiger partial charge in [-0.15, -0.1) is 24.8 Å². The molecular weight excluding hydrogens is 369 g/mol. The van der Waals surface area contributed by atoms with Gasteiger partial charge in [-0.2, -0.15) is 0 Å². The fourth-order valence-electron chi connectivity index (χ4n) is 3.03. The topological polar surface area (TPSA) is 35.6 Å². The fraction of sp³-hybridized carbons (Fsp3) is 0.350. The molecule has 142 valence electrons. The lowest BCUT2D eigenvalue weighted by Crippen LogP contribution is -2.49. The Kier molecular flexibility index (Phi) is 9.49. The van der Waals surface area contributed by atoms with Crippen LogP contribution in [-0.4, -0.2) is 48.4 Å². The first-order valence-corrected chi connectivity index (χ1v) is 8.56. The first-order chi connectivity index (χ1) is 11.7. The van der Waals surface area contributed by atoms with Crippen molar-refractivity contribution in [3.8, 4) is 0 Å². The van der Waals surface area contributed by atoms with E-state index in [0.717, 1.165) is 38.4 Å². The molecule has 3 rings (SSSR count). The number of anilines is 1. The number of carbonyl (C=O) groups is 1. The van der Waals surface area contributed by atoms with Crippen LogP contribution in [0.25, 0.3) is 0 Å². The van der Waals surface area contributed by atoms with Crippen molar-refractivity contribution in [2.24, 2.45) is 0 Å². The summed E-state index contributed by atoms with van der Waals surface area (Å²) in [5, 5.41) is 3.20. The summed E-state index contributed by atoms with van der Waals surface area (Å²) < 4.78 is 0. The van der Waals surface area contributed by atoms with Crippen molar-refractivity contribution in [1.29, 1.82) is 0 Å². The van der Waals surface area contributed by atoms with Crippen molar-refractivity contribution in [3.05, 3.63) is 65.7 Å². The number of hydrogen-bond donors (Lipinski definition) is 1. The van der Waals surface area contributed by atoms with Crippen LogP contribution < -0.4 is 5.32 Å². The maximum Gasteiger partial charge on any atom is 0.241 e. The third-order valence-corrected chi connectivity index (χ3v) is 4.60. The average molecular weight is 396 g/mol. The zero-order chi connectivity index (χ0) is 16.8. The number of amides is 1. The minimum Gasteiger partial charge on any atom is -0.376 e. The van der Waals surface area contributed by atoms with E-state index >= 15 is 0 Å². The molecule has 26 heavy (non-hydrogen) atoms. The predicted octanol–water partition coefficient (Wildman–Crippen LogP) is 3.59. The van der Waals surface area contributed by atoms with E-state index in [4.69, 9.17) is 0 Å². The van der Waals surface area contributed by atoms with Gasteiger partial charge in [0.15, 0.2) is 0 Å². The highest BCUT2D eigenvalue weighted by atomic mass is 35.5. The van der Waals surface area contributed by atoms with E-state index in [2.05, 4.69) is 41.4 Å². The lowest BCUT2D eigenvalue weighted by molar-refractivity contribution is -0.131. The van der Waals surface area contributed by atoms with Crippen molar-refractivity contribution >= 4 is 36.4 Å². The van der Waals surface area contributed by atoms with Gasteiger partial charge in [-0.25, -0.2) is 0 Å². The van der Waals surface area contributed by atoms with Gasteiger partial charge in [0.1, 0.15) is 0 Å². The van der Waals surface area contributed by atoms with Crippen LogP contribution in [0.4, 0.5) is 5.69 Å². The Morgan fingerprint density at radius 1 is 0.923 bits per heavy atom. The molecule has 0 spiro atoms. The Balaban J connectivity index is 0.00000169. The monoisotopic (exact) mass is 395 g/mol. The Morgan fingerprint density at radius 2 is 1.54 bits per heavy atom. The number of benzene rings is 2. The van der Waals surface area contributed by atoms with E-state index in [1.54, 1.807) is 0 Å². The second kappa shape index (κ2) is 11.1. The lowest BCUT2D eigenvalue weighted by atomic mass is 10.1. The molecule has 1 amide bonds. The molecule has 0 unspecified atom stereocenters. The average Bonchev–Trinajstić information content (AvgIpc) is 2.63. The van der Waals surface area contributed by atoms with Crippen molar-refractivity contribution in [2.75, 3.05) is 38.0 Å². The van der Waals surface area contributed by atoms with Crippen LogP contribution in [0.5, 0.6) is 0 Å². The van der Waals surface area contributed by atoms with Crippen molar-refractivity contribution in [1.82, 2.24) is 9.80 Å². The molecule has 0 radical (unpaired) electrons. The Labute approximate surface area is 168 Å². The van der Waals surface area contributed by atoms with Crippen LogP contribution in [0.15, 0.2) is 54.6 Å². The predicted molar refractivity (Wildman–Crippen MR) is 112 cm³/mol. The number of nitrogens with zero attached hydrogens (tertiary/aromatic N) is 2. The molecule has 1 saturated heterocycles. The molecule has 0 bridgehead atoms. The van der Waals surface area contributed by atoms with Crippen LogP contribution in [0.3, 0.4) is 0 Å². The maximum atomic E-state index is 12.3. The van der Waals surface area contributed by atoms with Gasteiger partial charge < -0.3 is 10.2 Å². The maximum absolute atomic E-state index is 12.3. The van der Waals surface area contributed by atoms with Crippen LogP contribution in [0.1, 0.15) is 11.1 Å². The number of halogens is 2. The van der Waals surface area contributed by atoms with Crippen LogP contribution in [0.2, 0.25) is 0 Å². The summed E-state index contributed by atoms with van der Waals surface area (Å²) in [6.07, 6.45) is 0. The molecule has 0 aromatic heterocycles. The summed E-state index contributed by atoms with van der Waals surface area (Å²) in [7, 11) is 0. The molecule has 1 aliphatic heterocycles. The molecule has 1 fully saturated rings. The van der Waals surface area contributed by atoms with E-state index in [1.165, 1.54) is 11.1 Å². The minimum absolute atomic E-state index is 0. The second-order valence-electron chi connectivity index (χ2n) is 6.30. The van der Waals surface area contributed by atoms with Gasteiger partial charge in [-0.3, -0.25) is 9.69 Å². The number of piperazine rings is 1. The largest absolute Gasteiger partial charge is 0.376 e. The molecule has 2 aromatic carbocycles. The highest BCUT2D eigenvalue weighted by molar-refractivity contribution is 5.85. The van der Waals surface area contributed by atoms with Crippen molar-refractivity contribution in [2.45, 2.75) is 13.5 Å². The molecule has 4 nitrogen and oxygen atoms in total. The first-order valence-electron chi connectivity index (χ1n) is 8.56. The Bertz CT molecular complexity index is 674. The molecule has 6 heteroatoms. The zero-order valence-electron chi connectivity index (χ0n) is 15.1. The van der Waals surface area contributed by atoms with Gasteiger partial charge in [0.25, 0.3) is 0 Å². The zero-order valence-corrected chi connectivity index (χ0v) is 16.7. The summed E-state index contributed by atoms with van der Waals surface area (Å²) in [5.74, 6) is 0.175. The Morgan fingerprint density at radius 3 is 2.19 bits per heavy atom.